The Morgan fingerprint density at radius 2 is 1.77 bits per heavy atom. The summed E-state index contributed by atoms with van der Waals surface area (Å²) >= 11 is 0. The first kappa shape index (κ1) is 16.3. The minimum absolute atomic E-state index is 0.106. The van der Waals surface area contributed by atoms with Gasteiger partial charge in [-0.2, -0.15) is 13.2 Å². The molecule has 0 radical (unpaired) electrons. The predicted molar refractivity (Wildman–Crippen MR) is 79.4 cm³/mol. The number of nitrogens with zero attached hydrogens (tertiary/aromatic N) is 1. The smallest absolute Gasteiger partial charge is 0.416 e. The Balaban J connectivity index is 2.27. The molecule has 1 heterocycles. The summed E-state index contributed by atoms with van der Waals surface area (Å²) in [5.41, 5.74) is 4.28. The molecule has 1 aromatic carbocycles. The van der Waals surface area contributed by atoms with Crippen molar-refractivity contribution in [1.82, 2.24) is 10.4 Å². The average molecular weight is 312 g/mol. The van der Waals surface area contributed by atoms with Gasteiger partial charge >= 0.3 is 6.18 Å². The predicted octanol–water partition coefficient (Wildman–Crippen LogP) is 4.31. The largest absolute Gasteiger partial charge is 0.506 e. The molecule has 1 aliphatic heterocycles. The number of hydrazine groups is 1. The van der Waals surface area contributed by atoms with Crippen LogP contribution in [0.4, 0.5) is 13.2 Å². The molecule has 1 aliphatic rings. The number of alkyl halides is 3. The molecular weight excluding hydrogens is 293 g/mol. The number of rotatable bonds is 3. The minimum Gasteiger partial charge on any atom is -0.506 e. The lowest BCUT2D eigenvalue weighted by Crippen LogP contribution is -2.40. The molecule has 0 atom stereocenters. The molecule has 0 saturated heterocycles. The minimum atomic E-state index is -4.35. The van der Waals surface area contributed by atoms with Gasteiger partial charge in [-0.3, -0.25) is 10.4 Å². The standard InChI is InChI=1S/C16H19F3N2O/c1-10(2)9-21-11(3)15(22)8-14(20-21)12-4-6-13(7-5-12)16(17,18)19/h4-8,10,20,22H,9H2,1-3H3. The van der Waals surface area contributed by atoms with E-state index in [0.717, 1.165) is 12.1 Å². The summed E-state index contributed by atoms with van der Waals surface area (Å²) in [6.07, 6.45) is -2.83. The molecule has 0 spiro atoms. The van der Waals surface area contributed by atoms with Crippen LogP contribution in [0.2, 0.25) is 0 Å². The van der Waals surface area contributed by atoms with E-state index >= 15 is 0 Å². The third kappa shape index (κ3) is 3.55. The van der Waals surface area contributed by atoms with Gasteiger partial charge in [0.1, 0.15) is 5.76 Å². The van der Waals surface area contributed by atoms with E-state index in [0.29, 0.717) is 29.4 Å². The van der Waals surface area contributed by atoms with Crippen LogP contribution < -0.4 is 5.43 Å². The van der Waals surface area contributed by atoms with Crippen molar-refractivity contribution in [3.8, 4) is 0 Å². The number of aliphatic hydroxyl groups excluding tert-OH is 1. The molecule has 0 unspecified atom stereocenters. The Morgan fingerprint density at radius 3 is 2.27 bits per heavy atom. The Hall–Kier alpha value is -2.11. The maximum atomic E-state index is 12.6. The van der Waals surface area contributed by atoms with E-state index in [-0.39, 0.29) is 5.76 Å². The third-order valence-electron chi connectivity index (χ3n) is 3.38. The zero-order valence-electron chi connectivity index (χ0n) is 12.7. The Kier molecular flexibility index (Phi) is 4.39. The number of hydrogen-bond donors (Lipinski definition) is 2. The molecule has 22 heavy (non-hydrogen) atoms. The third-order valence-corrected chi connectivity index (χ3v) is 3.38. The molecule has 0 aliphatic carbocycles. The van der Waals surface area contributed by atoms with Crippen molar-refractivity contribution in [1.29, 1.82) is 0 Å². The Morgan fingerprint density at radius 1 is 1.18 bits per heavy atom. The van der Waals surface area contributed by atoms with Gasteiger partial charge in [0.2, 0.25) is 0 Å². The van der Waals surface area contributed by atoms with Gasteiger partial charge in [-0.25, -0.2) is 0 Å². The number of nitrogens with one attached hydrogen (secondary N) is 1. The van der Waals surface area contributed by atoms with Gasteiger partial charge in [0.25, 0.3) is 0 Å². The molecule has 2 rings (SSSR count). The summed E-state index contributed by atoms with van der Waals surface area (Å²) in [4.78, 5) is 0. The summed E-state index contributed by atoms with van der Waals surface area (Å²) in [7, 11) is 0. The van der Waals surface area contributed by atoms with Crippen LogP contribution in [0.5, 0.6) is 0 Å². The molecule has 0 saturated carbocycles. The first-order chi connectivity index (χ1) is 10.2. The van der Waals surface area contributed by atoms with Crippen molar-refractivity contribution in [2.24, 2.45) is 5.92 Å². The van der Waals surface area contributed by atoms with Crippen LogP contribution in [0.15, 0.2) is 41.8 Å². The molecule has 3 nitrogen and oxygen atoms in total. The molecule has 0 bridgehead atoms. The van der Waals surface area contributed by atoms with Crippen molar-refractivity contribution in [2.45, 2.75) is 26.9 Å². The second-order valence-electron chi connectivity index (χ2n) is 5.72. The zero-order valence-corrected chi connectivity index (χ0v) is 12.7. The van der Waals surface area contributed by atoms with Crippen LogP contribution in [0.3, 0.4) is 0 Å². The van der Waals surface area contributed by atoms with E-state index in [9.17, 15) is 18.3 Å². The maximum Gasteiger partial charge on any atom is 0.416 e. The molecule has 6 heteroatoms. The van der Waals surface area contributed by atoms with E-state index in [1.807, 2.05) is 13.8 Å². The molecule has 1 aromatic rings. The van der Waals surface area contributed by atoms with Crippen LogP contribution in [0.25, 0.3) is 5.70 Å². The van der Waals surface area contributed by atoms with E-state index in [1.165, 1.54) is 18.2 Å². The quantitative estimate of drug-likeness (QED) is 0.873. The molecule has 0 fully saturated rings. The highest BCUT2D eigenvalue weighted by atomic mass is 19.4. The zero-order chi connectivity index (χ0) is 16.5. The SMILES string of the molecule is CC1=C(O)C=C(c2ccc(C(F)(F)F)cc2)NN1CC(C)C. The summed E-state index contributed by atoms with van der Waals surface area (Å²) in [5, 5.41) is 11.8. The Labute approximate surface area is 127 Å². The molecule has 0 aromatic heterocycles. The van der Waals surface area contributed by atoms with Gasteiger partial charge in [-0.1, -0.05) is 26.0 Å². The average Bonchev–Trinajstić information content (AvgIpc) is 2.42. The lowest BCUT2D eigenvalue weighted by molar-refractivity contribution is -0.137. The lowest BCUT2D eigenvalue weighted by atomic mass is 10.1. The van der Waals surface area contributed by atoms with Crippen LogP contribution >= 0.6 is 0 Å². The highest BCUT2D eigenvalue weighted by molar-refractivity contribution is 5.67. The number of allylic oxidation sites excluding steroid dienone is 2. The number of benzene rings is 1. The van der Waals surface area contributed by atoms with Crippen molar-refractivity contribution in [3.63, 3.8) is 0 Å². The fourth-order valence-electron chi connectivity index (χ4n) is 2.18. The number of aliphatic hydroxyl groups is 1. The van der Waals surface area contributed by atoms with Gasteiger partial charge in [-0.05, 0) is 30.5 Å². The second kappa shape index (κ2) is 5.94. The van der Waals surface area contributed by atoms with Gasteiger partial charge in [0, 0.05) is 12.6 Å². The van der Waals surface area contributed by atoms with Crippen molar-refractivity contribution < 1.29 is 18.3 Å². The Bertz CT molecular complexity index is 601. The van der Waals surface area contributed by atoms with Crippen LogP contribution in [0, 0.1) is 5.92 Å². The molecule has 2 N–H and O–H groups in total. The van der Waals surface area contributed by atoms with Crippen LogP contribution in [-0.4, -0.2) is 16.7 Å². The highest BCUT2D eigenvalue weighted by Crippen LogP contribution is 2.30. The molecule has 0 amide bonds. The summed E-state index contributed by atoms with van der Waals surface area (Å²) in [6, 6.07) is 4.85. The lowest BCUT2D eigenvalue weighted by Gasteiger charge is -2.33. The van der Waals surface area contributed by atoms with Crippen molar-refractivity contribution in [2.75, 3.05) is 6.54 Å². The normalized spacial score (nSPS) is 16.0. The fraction of sp³-hybridized carbons (Fsp3) is 0.375. The van der Waals surface area contributed by atoms with Gasteiger partial charge < -0.3 is 5.11 Å². The monoisotopic (exact) mass is 312 g/mol. The van der Waals surface area contributed by atoms with Gasteiger partial charge in [0.15, 0.2) is 0 Å². The van der Waals surface area contributed by atoms with E-state index < -0.39 is 11.7 Å². The summed E-state index contributed by atoms with van der Waals surface area (Å²) < 4.78 is 37.8. The molecule has 120 valence electrons. The van der Waals surface area contributed by atoms with Crippen LogP contribution in [0.1, 0.15) is 31.9 Å². The maximum absolute atomic E-state index is 12.6. The number of halogens is 3. The van der Waals surface area contributed by atoms with Crippen molar-refractivity contribution >= 4 is 5.70 Å². The summed E-state index contributed by atoms with van der Waals surface area (Å²) in [5.74, 6) is 0.469. The van der Waals surface area contributed by atoms with Gasteiger partial charge in [-0.15, -0.1) is 0 Å². The van der Waals surface area contributed by atoms with Crippen LogP contribution in [-0.2, 0) is 6.18 Å². The van der Waals surface area contributed by atoms with E-state index in [4.69, 9.17) is 0 Å². The van der Waals surface area contributed by atoms with Crippen molar-refractivity contribution in [3.05, 3.63) is 52.9 Å². The fourth-order valence-corrected chi connectivity index (χ4v) is 2.18. The second-order valence-corrected chi connectivity index (χ2v) is 5.72. The highest BCUT2D eigenvalue weighted by Gasteiger charge is 2.30. The topological polar surface area (TPSA) is 35.5 Å². The van der Waals surface area contributed by atoms with E-state index in [2.05, 4.69) is 5.43 Å². The molecular formula is C16H19F3N2O. The van der Waals surface area contributed by atoms with Gasteiger partial charge in [0.05, 0.1) is 17.0 Å². The summed E-state index contributed by atoms with van der Waals surface area (Å²) in [6.45, 7) is 6.54. The first-order valence-corrected chi connectivity index (χ1v) is 7.02. The van der Waals surface area contributed by atoms with E-state index in [1.54, 1.807) is 11.9 Å². The number of hydrogen-bond acceptors (Lipinski definition) is 3. The first-order valence-electron chi connectivity index (χ1n) is 7.02.